The summed E-state index contributed by atoms with van der Waals surface area (Å²) in [5.74, 6) is -0.256. The number of nitrogens with zero attached hydrogens (tertiary/aromatic N) is 7. The lowest BCUT2D eigenvalue weighted by atomic mass is 9.84. The van der Waals surface area contributed by atoms with Gasteiger partial charge in [-0.15, -0.1) is 0 Å². The van der Waals surface area contributed by atoms with Crippen LogP contribution >= 0.6 is 0 Å². The molecule has 2 aromatic carbocycles. The number of amides is 5. The Bertz CT molecular complexity index is 2310. The van der Waals surface area contributed by atoms with E-state index in [0.717, 1.165) is 32.8 Å². The van der Waals surface area contributed by atoms with E-state index in [1.807, 2.05) is 104 Å². The van der Waals surface area contributed by atoms with E-state index >= 15 is 0 Å². The summed E-state index contributed by atoms with van der Waals surface area (Å²) in [6.45, 7) is 12.1. The molecule has 0 bridgehead atoms. The fraction of sp³-hybridized carbons (Fsp3) is 0.426. The first-order valence-electron chi connectivity index (χ1n) is 21.0. The average Bonchev–Trinajstić information content (AvgIpc) is 3.79. The third-order valence-corrected chi connectivity index (χ3v) is 11.4. The number of aliphatic hydroxyl groups excluding tert-OH is 1. The van der Waals surface area contributed by atoms with E-state index in [0.29, 0.717) is 25.3 Å². The van der Waals surface area contributed by atoms with Crippen molar-refractivity contribution in [3.63, 3.8) is 0 Å². The quantitative estimate of drug-likeness (QED) is 0.0971. The molecule has 5 atom stereocenters. The molecule has 328 valence electrons. The smallest absolute Gasteiger partial charge is 0.407 e. The second kappa shape index (κ2) is 19.1. The molecule has 5 amide bonds. The second-order valence-corrected chi connectivity index (χ2v) is 18.3. The standard InChI is InChI=1S/C47H59N9O6/c1-46(2,3)40(53(7)45(61)62)42(58)52-37(26-32-16-18-33(19-17-32)36-15-11-12-21-49-36)38(57)27-34(25-31-13-9-8-10-14-31)51-43(59)41(47(4,5)6)55-24-23-54(44(55)60)29-39-50-28-35-20-22-48-30-56(35)39/h8-22,28,30,34,37-38,40-41,57H,23-27,29H2,1-7H3,(H,51,59)(H,52,58)(H,61,62)/t34-,37-,38+,40+,41+/m0/s1. The Hall–Kier alpha value is -6.35. The van der Waals surface area contributed by atoms with E-state index in [1.165, 1.54) is 7.05 Å². The number of nitrogens with one attached hydrogen (secondary N) is 2. The fourth-order valence-electron chi connectivity index (χ4n) is 8.41. The Morgan fingerprint density at radius 2 is 1.50 bits per heavy atom. The molecule has 0 spiro atoms. The largest absolute Gasteiger partial charge is 0.465 e. The number of carbonyl (C=O) groups excluding carboxylic acids is 3. The maximum absolute atomic E-state index is 14.7. The average molecular weight is 846 g/mol. The summed E-state index contributed by atoms with van der Waals surface area (Å²) in [5.41, 5.74) is 2.84. The molecule has 15 heteroatoms. The summed E-state index contributed by atoms with van der Waals surface area (Å²) in [6.07, 6.45) is 4.94. The highest BCUT2D eigenvalue weighted by Gasteiger charge is 2.45. The number of rotatable bonds is 16. The molecular formula is C47H59N9O6. The maximum atomic E-state index is 14.7. The van der Waals surface area contributed by atoms with Gasteiger partial charge in [0.05, 0.1) is 36.1 Å². The predicted molar refractivity (Wildman–Crippen MR) is 236 cm³/mol. The summed E-state index contributed by atoms with van der Waals surface area (Å²) >= 11 is 0. The molecule has 62 heavy (non-hydrogen) atoms. The van der Waals surface area contributed by atoms with E-state index in [1.54, 1.807) is 55.5 Å². The number of benzene rings is 2. The van der Waals surface area contributed by atoms with Gasteiger partial charge >= 0.3 is 12.1 Å². The molecule has 0 radical (unpaired) electrons. The van der Waals surface area contributed by atoms with Crippen LogP contribution in [0.25, 0.3) is 16.8 Å². The molecule has 1 aliphatic rings. The number of urea groups is 1. The lowest BCUT2D eigenvalue weighted by Gasteiger charge is -2.38. The van der Waals surface area contributed by atoms with Crippen molar-refractivity contribution in [3.8, 4) is 11.3 Å². The molecule has 0 aliphatic carbocycles. The van der Waals surface area contributed by atoms with Gasteiger partial charge in [0.25, 0.3) is 0 Å². The molecule has 1 aliphatic heterocycles. The zero-order valence-electron chi connectivity index (χ0n) is 36.6. The van der Waals surface area contributed by atoms with E-state index in [2.05, 4.69) is 25.6 Å². The fourth-order valence-corrected chi connectivity index (χ4v) is 8.41. The molecule has 3 aromatic heterocycles. The number of hydrogen-bond acceptors (Lipinski definition) is 8. The molecule has 4 heterocycles. The third-order valence-electron chi connectivity index (χ3n) is 11.4. The highest BCUT2D eigenvalue weighted by molar-refractivity contribution is 5.89. The molecule has 0 unspecified atom stereocenters. The van der Waals surface area contributed by atoms with Gasteiger partial charge in [-0.05, 0) is 59.4 Å². The van der Waals surface area contributed by atoms with Gasteiger partial charge in [0.1, 0.15) is 24.2 Å². The number of aromatic nitrogens is 4. The molecule has 1 saturated heterocycles. The second-order valence-electron chi connectivity index (χ2n) is 18.3. The Kier molecular flexibility index (Phi) is 14.0. The van der Waals surface area contributed by atoms with Crippen LogP contribution in [-0.4, -0.2) is 119 Å². The van der Waals surface area contributed by atoms with Crippen molar-refractivity contribution in [1.29, 1.82) is 0 Å². The van der Waals surface area contributed by atoms with Gasteiger partial charge in [0, 0.05) is 44.1 Å². The van der Waals surface area contributed by atoms with Crippen LogP contribution in [0.15, 0.2) is 104 Å². The number of imidazole rings is 1. The summed E-state index contributed by atoms with van der Waals surface area (Å²) < 4.78 is 1.84. The highest BCUT2D eigenvalue weighted by atomic mass is 16.4. The van der Waals surface area contributed by atoms with Crippen LogP contribution < -0.4 is 10.6 Å². The Morgan fingerprint density at radius 1 is 0.806 bits per heavy atom. The van der Waals surface area contributed by atoms with Crippen molar-refractivity contribution in [2.24, 2.45) is 10.8 Å². The van der Waals surface area contributed by atoms with Gasteiger partial charge in [0.15, 0.2) is 0 Å². The van der Waals surface area contributed by atoms with Gasteiger partial charge in [-0.1, -0.05) is 102 Å². The Balaban J connectivity index is 1.26. The first-order chi connectivity index (χ1) is 29.4. The highest BCUT2D eigenvalue weighted by Crippen LogP contribution is 2.30. The number of likely N-dealkylation sites (N-methyl/N-ethyl adjacent to an activating group) is 1. The van der Waals surface area contributed by atoms with Crippen LogP contribution in [0, 0.1) is 10.8 Å². The molecule has 6 rings (SSSR count). The van der Waals surface area contributed by atoms with Crippen molar-refractivity contribution in [2.45, 2.75) is 97.6 Å². The Morgan fingerprint density at radius 3 is 2.15 bits per heavy atom. The van der Waals surface area contributed by atoms with Gasteiger partial charge in [-0.2, -0.15) is 0 Å². The van der Waals surface area contributed by atoms with E-state index in [9.17, 15) is 29.4 Å². The predicted octanol–water partition coefficient (Wildman–Crippen LogP) is 5.67. The molecule has 1 fully saturated rings. The first-order valence-corrected chi connectivity index (χ1v) is 21.0. The molecule has 15 nitrogen and oxygen atoms in total. The SMILES string of the molecule is CN(C(=O)O)[C@H](C(=O)N[C@@H](Cc1ccc(-c2ccccn2)cc1)[C@H](O)C[C@H](Cc1ccccc1)NC(=O)[C@@H](N1CCN(Cc2ncc3ccncn23)C1=O)C(C)(C)C)C(C)(C)C. The van der Waals surface area contributed by atoms with Crippen molar-refractivity contribution < 1.29 is 29.4 Å². The number of pyridine rings is 1. The van der Waals surface area contributed by atoms with Gasteiger partial charge in [-0.25, -0.2) is 19.6 Å². The minimum Gasteiger partial charge on any atom is -0.465 e. The van der Waals surface area contributed by atoms with Crippen LogP contribution in [0.4, 0.5) is 9.59 Å². The van der Waals surface area contributed by atoms with Gasteiger partial charge < -0.3 is 30.6 Å². The topological polar surface area (TPSA) is 186 Å². The van der Waals surface area contributed by atoms with Gasteiger partial charge in [0.2, 0.25) is 11.8 Å². The van der Waals surface area contributed by atoms with Crippen molar-refractivity contribution in [2.75, 3.05) is 20.1 Å². The lowest BCUT2D eigenvalue weighted by Crippen LogP contribution is -2.59. The summed E-state index contributed by atoms with van der Waals surface area (Å²) in [6, 6.07) is 21.1. The first kappa shape index (κ1) is 45.2. The number of fused-ring (bicyclic) bond motifs is 1. The van der Waals surface area contributed by atoms with Gasteiger partial charge in [-0.3, -0.25) is 23.9 Å². The normalized spacial score (nSPS) is 15.8. The maximum Gasteiger partial charge on any atom is 0.407 e. The molecule has 0 saturated carbocycles. The van der Waals surface area contributed by atoms with E-state index < -0.39 is 53.1 Å². The summed E-state index contributed by atoms with van der Waals surface area (Å²) in [7, 11) is 1.36. The molecule has 4 N–H and O–H groups in total. The minimum absolute atomic E-state index is 0.0322. The van der Waals surface area contributed by atoms with Crippen LogP contribution in [0.1, 0.15) is 64.9 Å². The third kappa shape index (κ3) is 10.9. The number of carboxylic acid groups (broad SMARTS) is 1. The summed E-state index contributed by atoms with van der Waals surface area (Å²) in [5, 5.41) is 28.4. The van der Waals surface area contributed by atoms with E-state index in [-0.39, 0.29) is 31.3 Å². The number of carbonyl (C=O) groups is 4. The Labute approximate surface area is 363 Å². The van der Waals surface area contributed by atoms with Crippen molar-refractivity contribution in [1.82, 2.24) is 44.7 Å². The zero-order chi connectivity index (χ0) is 44.8. The van der Waals surface area contributed by atoms with Crippen LogP contribution in [0.5, 0.6) is 0 Å². The van der Waals surface area contributed by atoms with Crippen molar-refractivity contribution in [3.05, 3.63) is 121 Å². The lowest BCUT2D eigenvalue weighted by molar-refractivity contribution is -0.131. The van der Waals surface area contributed by atoms with Crippen molar-refractivity contribution >= 4 is 29.5 Å². The number of hydrogen-bond donors (Lipinski definition) is 4. The summed E-state index contributed by atoms with van der Waals surface area (Å²) in [4.78, 5) is 72.5. The molecule has 5 aromatic rings. The van der Waals surface area contributed by atoms with Crippen LogP contribution in [0.3, 0.4) is 0 Å². The number of aliphatic hydroxyl groups is 1. The van der Waals surface area contributed by atoms with Crippen LogP contribution in [-0.2, 0) is 29.0 Å². The molecular weight excluding hydrogens is 787 g/mol. The zero-order valence-corrected chi connectivity index (χ0v) is 36.6. The van der Waals surface area contributed by atoms with E-state index in [4.69, 9.17) is 0 Å². The minimum atomic E-state index is -1.26. The van der Waals surface area contributed by atoms with Crippen LogP contribution in [0.2, 0.25) is 0 Å². The monoisotopic (exact) mass is 845 g/mol.